The van der Waals surface area contributed by atoms with Gasteiger partial charge in [0.15, 0.2) is 0 Å². The van der Waals surface area contributed by atoms with Crippen molar-refractivity contribution < 1.29 is 0 Å². The van der Waals surface area contributed by atoms with Crippen LogP contribution >= 0.6 is 0 Å². The smallest absolute Gasteiger partial charge is 0.0373 e. The molecule has 1 aliphatic carbocycles. The zero-order valence-corrected chi connectivity index (χ0v) is 9.64. The minimum atomic E-state index is 0.156. The second-order valence-corrected chi connectivity index (χ2v) is 5.01. The average molecular weight is 204 g/mol. The van der Waals surface area contributed by atoms with Crippen molar-refractivity contribution in [3.8, 4) is 0 Å². The van der Waals surface area contributed by atoms with Crippen molar-refractivity contribution in [2.45, 2.75) is 45.1 Å². The molecule has 0 spiro atoms. The Kier molecular flexibility index (Phi) is 2.47. The first-order chi connectivity index (χ1) is 7.00. The first-order valence-corrected chi connectivity index (χ1v) is 5.65. The van der Waals surface area contributed by atoms with Gasteiger partial charge in [0.1, 0.15) is 0 Å². The standard InChI is InChI=1S/C13H20N2/c1-9-7-11(8-10(2)12(9)14)3-4-13(15)5-6-13/h7-8H,3-6,14-15H2,1-2H3. The van der Waals surface area contributed by atoms with Crippen LogP contribution in [0.4, 0.5) is 5.69 Å². The van der Waals surface area contributed by atoms with E-state index in [2.05, 4.69) is 26.0 Å². The number of nitrogens with two attached hydrogens (primary N) is 2. The molecule has 1 aliphatic rings. The van der Waals surface area contributed by atoms with Crippen LogP contribution in [0, 0.1) is 13.8 Å². The highest BCUT2D eigenvalue weighted by Crippen LogP contribution is 2.36. The lowest BCUT2D eigenvalue weighted by molar-refractivity contribution is 0.609. The number of hydrogen-bond acceptors (Lipinski definition) is 2. The number of nitrogen functional groups attached to an aromatic ring is 1. The monoisotopic (exact) mass is 204 g/mol. The number of rotatable bonds is 3. The Bertz CT molecular complexity index is 355. The molecule has 1 aromatic carbocycles. The molecule has 0 atom stereocenters. The normalized spacial score (nSPS) is 17.8. The molecule has 0 radical (unpaired) electrons. The highest BCUT2D eigenvalue weighted by atomic mass is 14.8. The molecule has 2 nitrogen and oxygen atoms in total. The first-order valence-electron chi connectivity index (χ1n) is 5.65. The lowest BCUT2D eigenvalue weighted by atomic mass is 9.99. The number of hydrogen-bond donors (Lipinski definition) is 2. The maximum absolute atomic E-state index is 6.08. The molecule has 82 valence electrons. The average Bonchev–Trinajstić information content (AvgIpc) is 2.90. The van der Waals surface area contributed by atoms with E-state index in [1.807, 2.05) is 0 Å². The third-order valence-corrected chi connectivity index (χ3v) is 3.46. The van der Waals surface area contributed by atoms with Crippen LogP contribution in [0.25, 0.3) is 0 Å². The fourth-order valence-electron chi connectivity index (χ4n) is 2.01. The van der Waals surface area contributed by atoms with Gasteiger partial charge in [-0.15, -0.1) is 0 Å². The Morgan fingerprint density at radius 1 is 1.20 bits per heavy atom. The van der Waals surface area contributed by atoms with Crippen LogP contribution in [0.5, 0.6) is 0 Å². The summed E-state index contributed by atoms with van der Waals surface area (Å²) in [5.41, 5.74) is 16.8. The Labute approximate surface area is 91.7 Å². The van der Waals surface area contributed by atoms with Gasteiger partial charge >= 0.3 is 0 Å². The highest BCUT2D eigenvalue weighted by Gasteiger charge is 2.37. The molecule has 1 aromatic rings. The molecule has 4 N–H and O–H groups in total. The summed E-state index contributed by atoms with van der Waals surface area (Å²) in [5.74, 6) is 0. The van der Waals surface area contributed by atoms with Gasteiger partial charge in [0.2, 0.25) is 0 Å². The molecule has 2 heteroatoms. The van der Waals surface area contributed by atoms with Crippen LogP contribution in [0.1, 0.15) is 36.0 Å². The van der Waals surface area contributed by atoms with Crippen LogP contribution in [0.2, 0.25) is 0 Å². The third kappa shape index (κ3) is 2.32. The van der Waals surface area contributed by atoms with Crippen LogP contribution in [0.15, 0.2) is 12.1 Å². The molecule has 0 aliphatic heterocycles. The topological polar surface area (TPSA) is 52.0 Å². The zero-order valence-electron chi connectivity index (χ0n) is 9.64. The molecular formula is C13H20N2. The first kappa shape index (κ1) is 10.5. The van der Waals surface area contributed by atoms with Gasteiger partial charge in [0.05, 0.1) is 0 Å². The predicted molar refractivity (Wildman–Crippen MR) is 64.8 cm³/mol. The Morgan fingerprint density at radius 3 is 2.20 bits per heavy atom. The Balaban J connectivity index is 2.08. The van der Waals surface area contributed by atoms with Crippen LogP contribution < -0.4 is 11.5 Å². The van der Waals surface area contributed by atoms with Gasteiger partial charge in [-0.3, -0.25) is 0 Å². The summed E-state index contributed by atoms with van der Waals surface area (Å²) in [7, 11) is 0. The lowest BCUT2D eigenvalue weighted by Gasteiger charge is -2.11. The van der Waals surface area contributed by atoms with Gasteiger partial charge in [-0.1, -0.05) is 12.1 Å². The maximum atomic E-state index is 6.08. The summed E-state index contributed by atoms with van der Waals surface area (Å²) in [5, 5.41) is 0. The molecule has 0 bridgehead atoms. The number of aryl methyl sites for hydroxylation is 3. The van der Waals surface area contributed by atoms with E-state index < -0.39 is 0 Å². The highest BCUT2D eigenvalue weighted by molar-refractivity contribution is 5.54. The van der Waals surface area contributed by atoms with Crippen LogP contribution in [-0.2, 0) is 6.42 Å². The molecule has 0 heterocycles. The maximum Gasteiger partial charge on any atom is 0.0373 e. The van der Waals surface area contributed by atoms with E-state index in [0.29, 0.717) is 0 Å². The fourth-order valence-corrected chi connectivity index (χ4v) is 2.01. The van der Waals surface area contributed by atoms with Crippen molar-refractivity contribution in [1.82, 2.24) is 0 Å². The molecule has 0 amide bonds. The van der Waals surface area contributed by atoms with E-state index >= 15 is 0 Å². The van der Waals surface area contributed by atoms with Gasteiger partial charge in [-0.05, 0) is 56.2 Å². The van der Waals surface area contributed by atoms with Gasteiger partial charge in [-0.2, -0.15) is 0 Å². The molecule has 2 rings (SSSR count). The summed E-state index contributed by atoms with van der Waals surface area (Å²) in [6.07, 6.45) is 4.58. The molecule has 0 saturated heterocycles. The number of anilines is 1. The quantitative estimate of drug-likeness (QED) is 0.742. The predicted octanol–water partition coefficient (Wildman–Crippen LogP) is 2.31. The molecule has 0 unspecified atom stereocenters. The second kappa shape index (κ2) is 3.53. The van der Waals surface area contributed by atoms with Gasteiger partial charge in [0.25, 0.3) is 0 Å². The molecule has 1 fully saturated rings. The second-order valence-electron chi connectivity index (χ2n) is 5.01. The van der Waals surface area contributed by atoms with E-state index in [-0.39, 0.29) is 5.54 Å². The summed E-state index contributed by atoms with van der Waals surface area (Å²) >= 11 is 0. The minimum Gasteiger partial charge on any atom is -0.398 e. The van der Waals surface area contributed by atoms with Gasteiger partial charge in [0, 0.05) is 11.2 Å². The van der Waals surface area contributed by atoms with E-state index in [9.17, 15) is 0 Å². The summed E-state index contributed by atoms with van der Waals surface area (Å²) < 4.78 is 0. The Morgan fingerprint density at radius 2 is 1.73 bits per heavy atom. The SMILES string of the molecule is Cc1cc(CCC2(N)CC2)cc(C)c1N. The van der Waals surface area contributed by atoms with E-state index in [1.165, 1.54) is 29.5 Å². The molecular weight excluding hydrogens is 184 g/mol. The van der Waals surface area contributed by atoms with Crippen molar-refractivity contribution in [2.75, 3.05) is 5.73 Å². The summed E-state index contributed by atoms with van der Waals surface area (Å²) in [6, 6.07) is 4.38. The summed E-state index contributed by atoms with van der Waals surface area (Å²) in [4.78, 5) is 0. The Hall–Kier alpha value is -1.02. The molecule has 15 heavy (non-hydrogen) atoms. The van der Waals surface area contributed by atoms with Crippen LogP contribution in [0.3, 0.4) is 0 Å². The minimum absolute atomic E-state index is 0.156. The lowest BCUT2D eigenvalue weighted by Crippen LogP contribution is -2.22. The van der Waals surface area contributed by atoms with E-state index in [1.54, 1.807) is 0 Å². The van der Waals surface area contributed by atoms with E-state index in [4.69, 9.17) is 11.5 Å². The molecule has 0 aromatic heterocycles. The van der Waals surface area contributed by atoms with Gasteiger partial charge < -0.3 is 11.5 Å². The zero-order chi connectivity index (χ0) is 11.1. The van der Waals surface area contributed by atoms with E-state index in [0.717, 1.165) is 18.5 Å². The largest absolute Gasteiger partial charge is 0.398 e. The van der Waals surface area contributed by atoms with Crippen molar-refractivity contribution >= 4 is 5.69 Å². The third-order valence-electron chi connectivity index (χ3n) is 3.46. The van der Waals surface area contributed by atoms with Crippen LogP contribution in [-0.4, -0.2) is 5.54 Å². The summed E-state index contributed by atoms with van der Waals surface area (Å²) in [6.45, 7) is 4.14. The van der Waals surface area contributed by atoms with Crippen molar-refractivity contribution in [1.29, 1.82) is 0 Å². The number of benzene rings is 1. The van der Waals surface area contributed by atoms with Crippen molar-refractivity contribution in [3.05, 3.63) is 28.8 Å². The van der Waals surface area contributed by atoms with Gasteiger partial charge in [-0.25, -0.2) is 0 Å². The fraction of sp³-hybridized carbons (Fsp3) is 0.538. The molecule has 1 saturated carbocycles. The van der Waals surface area contributed by atoms with Crippen molar-refractivity contribution in [3.63, 3.8) is 0 Å². The van der Waals surface area contributed by atoms with Crippen molar-refractivity contribution in [2.24, 2.45) is 5.73 Å².